The van der Waals surface area contributed by atoms with Crippen LogP contribution in [0, 0.1) is 5.82 Å². The van der Waals surface area contributed by atoms with E-state index < -0.39 is 23.5 Å². The van der Waals surface area contributed by atoms with Gasteiger partial charge < -0.3 is 9.84 Å². The fourth-order valence-electron chi connectivity index (χ4n) is 3.64. The van der Waals surface area contributed by atoms with E-state index in [1.54, 1.807) is 24.3 Å². The predicted molar refractivity (Wildman–Crippen MR) is 121 cm³/mol. The zero-order chi connectivity index (χ0) is 23.0. The van der Waals surface area contributed by atoms with Crippen molar-refractivity contribution in [2.24, 2.45) is 0 Å². The number of carbonyl (C=O) groups is 2. The first kappa shape index (κ1) is 21.9. The van der Waals surface area contributed by atoms with Crippen molar-refractivity contribution in [1.82, 2.24) is 0 Å². The van der Waals surface area contributed by atoms with E-state index >= 15 is 0 Å². The maximum absolute atomic E-state index is 13.6. The number of carbonyl (C=O) groups excluding carboxylic acids is 2. The van der Waals surface area contributed by atoms with E-state index in [-0.39, 0.29) is 27.1 Å². The Kier molecular flexibility index (Phi) is 5.91. The molecule has 3 aromatic rings. The van der Waals surface area contributed by atoms with Crippen molar-refractivity contribution in [3.8, 4) is 5.75 Å². The number of hydrogen-bond acceptors (Lipinski definition) is 4. The first-order chi connectivity index (χ1) is 15.3. The number of halogens is 3. The summed E-state index contributed by atoms with van der Waals surface area (Å²) in [4.78, 5) is 27.3. The second-order valence-electron chi connectivity index (χ2n) is 7.08. The van der Waals surface area contributed by atoms with Crippen molar-refractivity contribution in [1.29, 1.82) is 0 Å². The maximum Gasteiger partial charge on any atom is 0.300 e. The van der Waals surface area contributed by atoms with Gasteiger partial charge in [-0.05, 0) is 60.2 Å². The van der Waals surface area contributed by atoms with Crippen LogP contribution < -0.4 is 9.64 Å². The van der Waals surface area contributed by atoms with Crippen molar-refractivity contribution in [3.05, 3.63) is 99.3 Å². The molecule has 3 aromatic carbocycles. The van der Waals surface area contributed by atoms with Gasteiger partial charge in [0.1, 0.15) is 17.3 Å². The minimum Gasteiger partial charge on any atom is -0.507 e. The van der Waals surface area contributed by atoms with Gasteiger partial charge in [-0.1, -0.05) is 35.3 Å². The highest BCUT2D eigenvalue weighted by atomic mass is 35.5. The van der Waals surface area contributed by atoms with Gasteiger partial charge in [0.15, 0.2) is 0 Å². The molecule has 1 aliphatic heterocycles. The van der Waals surface area contributed by atoms with Gasteiger partial charge in [-0.3, -0.25) is 14.5 Å². The van der Waals surface area contributed by atoms with Crippen molar-refractivity contribution in [3.63, 3.8) is 0 Å². The van der Waals surface area contributed by atoms with Crippen LogP contribution in [0.5, 0.6) is 5.75 Å². The molecule has 0 bridgehead atoms. The molecule has 162 valence electrons. The van der Waals surface area contributed by atoms with Crippen LogP contribution in [0.25, 0.3) is 5.76 Å². The molecule has 0 saturated carbocycles. The molecule has 0 aliphatic carbocycles. The van der Waals surface area contributed by atoms with Crippen LogP contribution in [0.15, 0.2) is 72.3 Å². The Bertz CT molecular complexity index is 1220. The Morgan fingerprint density at radius 3 is 2.12 bits per heavy atom. The van der Waals surface area contributed by atoms with Gasteiger partial charge in [0.25, 0.3) is 11.7 Å². The quantitative estimate of drug-likeness (QED) is 0.298. The molecule has 0 radical (unpaired) electrons. The van der Waals surface area contributed by atoms with Gasteiger partial charge in [-0.2, -0.15) is 0 Å². The lowest BCUT2D eigenvalue weighted by Gasteiger charge is -2.25. The third kappa shape index (κ3) is 3.95. The molecule has 1 heterocycles. The highest BCUT2D eigenvalue weighted by Gasteiger charge is 2.47. The zero-order valence-electron chi connectivity index (χ0n) is 16.7. The number of aliphatic hydroxyl groups excluding tert-OH is 1. The number of ketones is 1. The van der Waals surface area contributed by atoms with E-state index in [2.05, 4.69) is 0 Å². The molecule has 1 fully saturated rings. The number of benzene rings is 3. The van der Waals surface area contributed by atoms with Gasteiger partial charge in [0.05, 0.1) is 18.7 Å². The van der Waals surface area contributed by atoms with Crippen molar-refractivity contribution in [2.75, 3.05) is 12.0 Å². The number of nitrogens with zero attached hydrogens (tertiary/aromatic N) is 1. The van der Waals surface area contributed by atoms with E-state index in [0.29, 0.717) is 16.9 Å². The third-order valence-corrected chi connectivity index (χ3v) is 5.56. The lowest BCUT2D eigenvalue weighted by atomic mass is 9.95. The predicted octanol–water partition coefficient (Wildman–Crippen LogP) is 5.77. The molecule has 1 atom stereocenters. The summed E-state index contributed by atoms with van der Waals surface area (Å²) in [5.41, 5.74) is 0.882. The molecule has 1 unspecified atom stereocenters. The Morgan fingerprint density at radius 2 is 1.56 bits per heavy atom. The number of ether oxygens (including phenoxy) is 1. The fraction of sp³-hybridized carbons (Fsp3) is 0.0833. The van der Waals surface area contributed by atoms with Gasteiger partial charge >= 0.3 is 0 Å². The first-order valence-corrected chi connectivity index (χ1v) is 10.2. The Morgan fingerprint density at radius 1 is 0.969 bits per heavy atom. The summed E-state index contributed by atoms with van der Waals surface area (Å²) < 4.78 is 18.7. The molecule has 1 N–H and O–H groups in total. The first-order valence-electron chi connectivity index (χ1n) is 9.47. The molecule has 8 heteroatoms. The topological polar surface area (TPSA) is 66.8 Å². The molecule has 1 amide bonds. The van der Waals surface area contributed by atoms with Crippen LogP contribution in [-0.2, 0) is 9.59 Å². The third-order valence-electron chi connectivity index (χ3n) is 5.12. The van der Waals surface area contributed by atoms with Crippen LogP contribution >= 0.6 is 23.2 Å². The number of Topliss-reactive ketones (excluding diaryl/α,β-unsaturated/α-hetero) is 1. The second-order valence-corrected chi connectivity index (χ2v) is 7.95. The molecule has 0 spiro atoms. The smallest absolute Gasteiger partial charge is 0.300 e. The second kappa shape index (κ2) is 8.65. The number of methoxy groups -OCH3 is 1. The van der Waals surface area contributed by atoms with Gasteiger partial charge in [-0.25, -0.2) is 4.39 Å². The molecule has 1 aliphatic rings. The monoisotopic (exact) mass is 471 g/mol. The molecule has 32 heavy (non-hydrogen) atoms. The largest absolute Gasteiger partial charge is 0.507 e. The van der Waals surface area contributed by atoms with Crippen molar-refractivity contribution >= 4 is 46.3 Å². The summed E-state index contributed by atoms with van der Waals surface area (Å²) >= 11 is 12.2. The molecule has 0 aromatic heterocycles. The highest BCUT2D eigenvalue weighted by molar-refractivity contribution is 6.52. The van der Waals surface area contributed by atoms with Crippen LogP contribution in [0.3, 0.4) is 0 Å². The summed E-state index contributed by atoms with van der Waals surface area (Å²) in [5.74, 6) is -2.04. The van der Waals surface area contributed by atoms with Crippen LogP contribution in [0.2, 0.25) is 10.0 Å². The Labute approximate surface area is 193 Å². The number of anilines is 1. The summed E-state index contributed by atoms with van der Waals surface area (Å²) in [6, 6.07) is 15.2. The lowest BCUT2D eigenvalue weighted by molar-refractivity contribution is -0.132. The molecular weight excluding hydrogens is 456 g/mol. The fourth-order valence-corrected chi connectivity index (χ4v) is 4.16. The van der Waals surface area contributed by atoms with Crippen LogP contribution in [0.1, 0.15) is 17.2 Å². The van der Waals surface area contributed by atoms with Crippen molar-refractivity contribution < 1.29 is 23.8 Å². The Balaban J connectivity index is 1.94. The summed E-state index contributed by atoms with van der Waals surface area (Å²) in [6.45, 7) is 0. The van der Waals surface area contributed by atoms with Crippen molar-refractivity contribution in [2.45, 2.75) is 6.04 Å². The van der Waals surface area contributed by atoms with Gasteiger partial charge in [0.2, 0.25) is 0 Å². The molecule has 4 rings (SSSR count). The van der Waals surface area contributed by atoms with E-state index in [4.69, 9.17) is 27.9 Å². The molecule has 5 nitrogen and oxygen atoms in total. The standard InChI is InChI=1S/C24H16Cl2FNO4/c1-32-19-8-4-14(5-9-19)22(29)20-21(13-2-6-17(27)7-3-13)28(24(31)23(20)30)18-11-15(25)10-16(26)12-18/h2-12,21,29H,1H3/b22-20+. The average Bonchev–Trinajstić information content (AvgIpc) is 3.04. The highest BCUT2D eigenvalue weighted by Crippen LogP contribution is 2.43. The van der Waals surface area contributed by atoms with Gasteiger partial charge in [0, 0.05) is 21.3 Å². The zero-order valence-corrected chi connectivity index (χ0v) is 18.2. The van der Waals surface area contributed by atoms with Gasteiger partial charge in [-0.15, -0.1) is 0 Å². The lowest BCUT2D eigenvalue weighted by Crippen LogP contribution is -2.29. The average molecular weight is 472 g/mol. The van der Waals surface area contributed by atoms with E-state index in [9.17, 15) is 19.1 Å². The number of rotatable bonds is 4. The number of aliphatic hydroxyl groups is 1. The molecular formula is C24H16Cl2FNO4. The van der Waals surface area contributed by atoms with E-state index in [1.807, 2.05) is 0 Å². The molecule has 1 saturated heterocycles. The summed E-state index contributed by atoms with van der Waals surface area (Å²) in [7, 11) is 1.51. The summed E-state index contributed by atoms with van der Waals surface area (Å²) in [6.07, 6.45) is 0. The minimum atomic E-state index is -1.02. The number of amides is 1. The Hall–Kier alpha value is -3.35. The summed E-state index contributed by atoms with van der Waals surface area (Å²) in [5, 5.41) is 11.6. The maximum atomic E-state index is 13.6. The normalized spacial score (nSPS) is 17.6. The minimum absolute atomic E-state index is 0.136. The number of hydrogen-bond donors (Lipinski definition) is 1. The van der Waals surface area contributed by atoms with Crippen LogP contribution in [-0.4, -0.2) is 23.9 Å². The SMILES string of the molecule is COc1ccc(/C(O)=C2\C(=O)C(=O)N(c3cc(Cl)cc(Cl)c3)C2c2ccc(F)cc2)cc1. The van der Waals surface area contributed by atoms with Crippen LogP contribution in [0.4, 0.5) is 10.1 Å². The van der Waals surface area contributed by atoms with E-state index in [1.165, 1.54) is 54.5 Å². The van der Waals surface area contributed by atoms with E-state index in [0.717, 1.165) is 0 Å².